The van der Waals surface area contributed by atoms with Crippen LogP contribution >= 0.6 is 0 Å². The maximum atomic E-state index is 11.5. The van der Waals surface area contributed by atoms with Crippen LogP contribution in [0.5, 0.6) is 0 Å². The van der Waals surface area contributed by atoms with Crippen molar-refractivity contribution in [3.05, 3.63) is 114 Å². The summed E-state index contributed by atoms with van der Waals surface area (Å²) in [5.41, 5.74) is 6.96. The summed E-state index contributed by atoms with van der Waals surface area (Å²) in [6.45, 7) is 0. The molecule has 0 saturated carbocycles. The Kier molecular flexibility index (Phi) is 4.61. The molecule has 0 amide bonds. The average molecular weight is 336 g/mol. The fourth-order valence-electron chi connectivity index (χ4n) is 3.56. The number of benzene rings is 3. The summed E-state index contributed by atoms with van der Waals surface area (Å²) >= 11 is 0. The Labute approximate surface area is 154 Å². The van der Waals surface area contributed by atoms with Gasteiger partial charge >= 0.3 is 0 Å². The normalized spacial score (nSPS) is 16.5. The summed E-state index contributed by atoms with van der Waals surface area (Å²) in [5.74, 6) is 0.127. The molecule has 1 atom stereocenters. The van der Waals surface area contributed by atoms with Gasteiger partial charge in [0, 0.05) is 5.92 Å². The molecule has 0 unspecified atom stereocenters. The van der Waals surface area contributed by atoms with Crippen molar-refractivity contribution in [2.24, 2.45) is 0 Å². The van der Waals surface area contributed by atoms with Crippen LogP contribution in [0.3, 0.4) is 0 Å². The first-order chi connectivity index (χ1) is 12.8. The van der Waals surface area contributed by atoms with Gasteiger partial charge in [-0.3, -0.25) is 4.79 Å². The molecule has 26 heavy (non-hydrogen) atoms. The quantitative estimate of drug-likeness (QED) is 0.530. The van der Waals surface area contributed by atoms with Crippen LogP contribution in [-0.4, -0.2) is 6.29 Å². The van der Waals surface area contributed by atoms with Crippen molar-refractivity contribution in [3.8, 4) is 11.1 Å². The lowest BCUT2D eigenvalue weighted by molar-refractivity contribution is -0.105. The first kappa shape index (κ1) is 16.3. The van der Waals surface area contributed by atoms with E-state index in [2.05, 4.69) is 66.7 Å². The Hall–Kier alpha value is -3.19. The van der Waals surface area contributed by atoms with Crippen LogP contribution in [0.15, 0.2) is 103 Å². The van der Waals surface area contributed by atoms with Crippen molar-refractivity contribution < 1.29 is 4.79 Å². The van der Waals surface area contributed by atoms with Gasteiger partial charge in [0.05, 0.1) is 0 Å². The predicted octanol–water partition coefficient (Wildman–Crippen LogP) is 6.05. The second kappa shape index (κ2) is 7.37. The van der Waals surface area contributed by atoms with E-state index in [9.17, 15) is 4.79 Å². The molecule has 3 aromatic rings. The van der Waals surface area contributed by atoms with Crippen LogP contribution in [0.2, 0.25) is 0 Å². The minimum atomic E-state index is 0.127. The fraction of sp³-hybridized carbons (Fsp3) is 0.0800. The largest absolute Gasteiger partial charge is 0.298 e. The van der Waals surface area contributed by atoms with Gasteiger partial charge in [-0.05, 0) is 39.8 Å². The molecule has 0 radical (unpaired) electrons. The minimum absolute atomic E-state index is 0.127. The molecule has 1 aliphatic carbocycles. The van der Waals surface area contributed by atoms with Gasteiger partial charge in [0.1, 0.15) is 6.29 Å². The van der Waals surface area contributed by atoms with Crippen molar-refractivity contribution >= 4 is 11.9 Å². The van der Waals surface area contributed by atoms with Crippen molar-refractivity contribution in [3.63, 3.8) is 0 Å². The number of rotatable bonds is 4. The van der Waals surface area contributed by atoms with E-state index in [4.69, 9.17) is 0 Å². The van der Waals surface area contributed by atoms with Gasteiger partial charge in [-0.25, -0.2) is 0 Å². The monoisotopic (exact) mass is 336 g/mol. The van der Waals surface area contributed by atoms with Crippen LogP contribution in [0.1, 0.15) is 23.5 Å². The fourth-order valence-corrected chi connectivity index (χ4v) is 3.56. The van der Waals surface area contributed by atoms with E-state index in [1.807, 2.05) is 30.3 Å². The van der Waals surface area contributed by atoms with E-state index in [0.29, 0.717) is 0 Å². The van der Waals surface area contributed by atoms with Gasteiger partial charge in [0.2, 0.25) is 0 Å². The van der Waals surface area contributed by atoms with E-state index in [0.717, 1.165) is 18.3 Å². The van der Waals surface area contributed by atoms with E-state index >= 15 is 0 Å². The SMILES string of the molecule is O=CC1=CC=C(c2ccc(-c3ccccc3)cc2)C[C@@H]1c1ccccc1. The highest BCUT2D eigenvalue weighted by molar-refractivity contribution is 5.82. The minimum Gasteiger partial charge on any atom is -0.298 e. The van der Waals surface area contributed by atoms with Crippen molar-refractivity contribution in [1.82, 2.24) is 0 Å². The summed E-state index contributed by atoms with van der Waals surface area (Å²) in [6, 6.07) is 29.4. The van der Waals surface area contributed by atoms with E-state index in [1.54, 1.807) is 0 Å². The molecule has 0 spiro atoms. The Balaban J connectivity index is 1.63. The third kappa shape index (κ3) is 3.29. The molecule has 0 fully saturated rings. The number of aldehydes is 1. The van der Waals surface area contributed by atoms with Gasteiger partial charge in [-0.15, -0.1) is 0 Å². The molecule has 0 saturated heterocycles. The highest BCUT2D eigenvalue weighted by atomic mass is 16.1. The average Bonchev–Trinajstić information content (AvgIpc) is 2.75. The molecule has 0 aromatic heterocycles. The zero-order chi connectivity index (χ0) is 17.8. The van der Waals surface area contributed by atoms with Gasteiger partial charge in [0.25, 0.3) is 0 Å². The van der Waals surface area contributed by atoms with Crippen molar-refractivity contribution in [2.75, 3.05) is 0 Å². The predicted molar refractivity (Wildman–Crippen MR) is 108 cm³/mol. The lowest BCUT2D eigenvalue weighted by Crippen LogP contribution is -2.08. The maximum absolute atomic E-state index is 11.5. The number of carbonyl (C=O) groups is 1. The third-order valence-corrected chi connectivity index (χ3v) is 5.00. The molecule has 1 heteroatoms. The van der Waals surface area contributed by atoms with E-state index < -0.39 is 0 Å². The third-order valence-electron chi connectivity index (χ3n) is 5.00. The van der Waals surface area contributed by atoms with Gasteiger partial charge in [-0.1, -0.05) is 97.1 Å². The van der Waals surface area contributed by atoms with Crippen molar-refractivity contribution in [2.45, 2.75) is 12.3 Å². The number of carbonyl (C=O) groups excluding carboxylic acids is 1. The molecule has 0 bridgehead atoms. The molecular weight excluding hydrogens is 316 g/mol. The van der Waals surface area contributed by atoms with Gasteiger partial charge in [0.15, 0.2) is 0 Å². The summed E-state index contributed by atoms with van der Waals surface area (Å²) < 4.78 is 0. The highest BCUT2D eigenvalue weighted by Gasteiger charge is 2.21. The molecule has 126 valence electrons. The topological polar surface area (TPSA) is 17.1 Å². The van der Waals surface area contributed by atoms with Crippen molar-refractivity contribution in [1.29, 1.82) is 0 Å². The number of allylic oxidation sites excluding steroid dienone is 4. The number of hydrogen-bond donors (Lipinski definition) is 0. The Bertz CT molecular complexity index is 948. The van der Waals surface area contributed by atoms with Crippen LogP contribution in [0.4, 0.5) is 0 Å². The van der Waals surface area contributed by atoms with Crippen LogP contribution < -0.4 is 0 Å². The maximum Gasteiger partial charge on any atom is 0.146 e. The summed E-state index contributed by atoms with van der Waals surface area (Å²) in [5, 5.41) is 0. The molecule has 1 aliphatic rings. The smallest absolute Gasteiger partial charge is 0.146 e. The zero-order valence-electron chi connectivity index (χ0n) is 14.5. The Morgan fingerprint density at radius 3 is 1.88 bits per heavy atom. The number of hydrogen-bond acceptors (Lipinski definition) is 1. The molecule has 3 aromatic carbocycles. The van der Waals surface area contributed by atoms with Gasteiger partial charge < -0.3 is 0 Å². The summed E-state index contributed by atoms with van der Waals surface area (Å²) in [7, 11) is 0. The second-order valence-corrected chi connectivity index (χ2v) is 6.59. The zero-order valence-corrected chi connectivity index (χ0v) is 14.5. The molecular formula is C25H20O. The van der Waals surface area contributed by atoms with Crippen LogP contribution in [0.25, 0.3) is 16.7 Å². The highest BCUT2D eigenvalue weighted by Crippen LogP contribution is 2.37. The molecule has 0 aliphatic heterocycles. The standard InChI is InChI=1S/C25H20O/c26-18-24-16-15-23(17-25(24)22-9-5-2-6-10-22)21-13-11-20(12-14-21)19-7-3-1-4-8-19/h1-16,18,25H,17H2/t25-/m1/s1. The van der Waals surface area contributed by atoms with E-state index in [1.165, 1.54) is 27.8 Å². The first-order valence-electron chi connectivity index (χ1n) is 8.92. The molecule has 1 nitrogen and oxygen atoms in total. The van der Waals surface area contributed by atoms with Crippen LogP contribution in [0, 0.1) is 0 Å². The Morgan fingerprint density at radius 1 is 0.654 bits per heavy atom. The molecule has 0 N–H and O–H groups in total. The second-order valence-electron chi connectivity index (χ2n) is 6.59. The lowest BCUT2D eigenvalue weighted by Gasteiger charge is -2.23. The Morgan fingerprint density at radius 2 is 1.23 bits per heavy atom. The van der Waals surface area contributed by atoms with Crippen LogP contribution in [-0.2, 0) is 4.79 Å². The summed E-state index contributed by atoms with van der Waals surface area (Å²) in [6.07, 6.45) is 5.89. The lowest BCUT2D eigenvalue weighted by atomic mass is 9.80. The molecule has 4 rings (SSSR count). The van der Waals surface area contributed by atoms with E-state index in [-0.39, 0.29) is 5.92 Å². The molecule has 0 heterocycles. The first-order valence-corrected chi connectivity index (χ1v) is 8.92. The van der Waals surface area contributed by atoms with Gasteiger partial charge in [-0.2, -0.15) is 0 Å². The summed E-state index contributed by atoms with van der Waals surface area (Å²) in [4.78, 5) is 11.5.